The summed E-state index contributed by atoms with van der Waals surface area (Å²) in [7, 11) is -3.66. The van der Waals surface area contributed by atoms with Gasteiger partial charge in [0, 0.05) is 6.21 Å². The maximum absolute atomic E-state index is 11.2. The number of nitrogens with two attached hydrogens (primary N) is 1. The molecule has 0 aliphatic rings. The van der Waals surface area contributed by atoms with E-state index < -0.39 is 10.0 Å². The molecular weight excluding hydrogens is 300 g/mol. The van der Waals surface area contributed by atoms with Crippen LogP contribution >= 0.6 is 0 Å². The molecule has 0 aliphatic heterocycles. The summed E-state index contributed by atoms with van der Waals surface area (Å²) in [5, 5.41) is 5.04. The van der Waals surface area contributed by atoms with E-state index in [9.17, 15) is 8.42 Å². The van der Waals surface area contributed by atoms with Gasteiger partial charge in [-0.2, -0.15) is 0 Å². The van der Waals surface area contributed by atoms with Crippen LogP contribution in [0.5, 0.6) is 5.75 Å². The van der Waals surface area contributed by atoms with Gasteiger partial charge in [0.05, 0.1) is 17.2 Å². The highest BCUT2D eigenvalue weighted by molar-refractivity contribution is 7.89. The molecule has 0 heterocycles. The first-order chi connectivity index (χ1) is 10.5. The fourth-order valence-corrected chi connectivity index (χ4v) is 2.26. The van der Waals surface area contributed by atoms with Crippen molar-refractivity contribution in [1.29, 1.82) is 0 Å². The van der Waals surface area contributed by atoms with Crippen molar-refractivity contribution in [1.82, 2.24) is 0 Å². The highest BCUT2D eigenvalue weighted by Gasteiger charge is 2.05. The second-order valence-corrected chi connectivity index (χ2v) is 6.28. The molecule has 0 saturated heterocycles. The van der Waals surface area contributed by atoms with Crippen LogP contribution in [0.25, 0.3) is 0 Å². The van der Waals surface area contributed by atoms with E-state index >= 15 is 0 Å². The van der Waals surface area contributed by atoms with Gasteiger partial charge in [-0.15, -0.1) is 0 Å². The average Bonchev–Trinajstić information content (AvgIpc) is 2.51. The molecule has 0 aromatic heterocycles. The molecule has 0 bridgehead atoms. The Bertz CT molecular complexity index is 736. The van der Waals surface area contributed by atoms with Gasteiger partial charge in [-0.25, -0.2) is 13.6 Å². The Morgan fingerprint density at radius 2 is 1.73 bits per heavy atom. The lowest BCUT2D eigenvalue weighted by Crippen LogP contribution is -2.11. The van der Waals surface area contributed by atoms with Gasteiger partial charge in [-0.05, 0) is 60.5 Å². The van der Waals surface area contributed by atoms with Gasteiger partial charge in [0.1, 0.15) is 5.75 Å². The van der Waals surface area contributed by atoms with Crippen LogP contribution in [0.15, 0.2) is 58.4 Å². The normalized spacial score (nSPS) is 11.7. The Balaban J connectivity index is 2.05. The second-order valence-electron chi connectivity index (χ2n) is 4.71. The number of sulfonamides is 1. The maximum Gasteiger partial charge on any atom is 0.238 e. The van der Waals surface area contributed by atoms with Crippen molar-refractivity contribution >= 4 is 21.9 Å². The van der Waals surface area contributed by atoms with Gasteiger partial charge in [0.2, 0.25) is 10.0 Å². The molecule has 2 aromatic rings. The minimum absolute atomic E-state index is 0.0730. The van der Waals surface area contributed by atoms with Crippen LogP contribution in [0.1, 0.15) is 18.9 Å². The van der Waals surface area contributed by atoms with Crippen molar-refractivity contribution in [2.45, 2.75) is 18.2 Å². The minimum atomic E-state index is -3.66. The van der Waals surface area contributed by atoms with Gasteiger partial charge in [0.25, 0.3) is 0 Å². The van der Waals surface area contributed by atoms with Gasteiger partial charge < -0.3 is 4.74 Å². The first kappa shape index (κ1) is 16.2. The molecule has 0 spiro atoms. The van der Waals surface area contributed by atoms with Gasteiger partial charge >= 0.3 is 0 Å². The van der Waals surface area contributed by atoms with Crippen molar-refractivity contribution in [2.75, 3.05) is 6.61 Å². The molecule has 2 N–H and O–H groups in total. The monoisotopic (exact) mass is 318 g/mol. The summed E-state index contributed by atoms with van der Waals surface area (Å²) >= 11 is 0. The van der Waals surface area contributed by atoms with E-state index in [0.29, 0.717) is 12.3 Å². The Kier molecular flexibility index (Phi) is 5.30. The predicted molar refractivity (Wildman–Crippen MR) is 87.3 cm³/mol. The first-order valence-electron chi connectivity index (χ1n) is 6.89. The van der Waals surface area contributed by atoms with Crippen molar-refractivity contribution in [3.63, 3.8) is 0 Å². The van der Waals surface area contributed by atoms with Crippen LogP contribution in [-0.2, 0) is 10.0 Å². The van der Waals surface area contributed by atoms with Crippen molar-refractivity contribution in [3.8, 4) is 5.75 Å². The molecule has 0 unspecified atom stereocenters. The standard InChI is InChI=1S/C16H18N2O3S/c1-2-11-21-15-7-3-13(4-8-15)12-18-14-5-9-16(10-6-14)22(17,19)20/h3-10,12H,2,11H2,1H3,(H2,17,19,20)/b18-12+. The van der Waals surface area contributed by atoms with Crippen molar-refractivity contribution in [2.24, 2.45) is 10.1 Å². The highest BCUT2D eigenvalue weighted by atomic mass is 32.2. The molecule has 2 rings (SSSR count). The molecule has 5 nitrogen and oxygen atoms in total. The predicted octanol–water partition coefficient (Wildman–Crippen LogP) is 2.87. The number of primary sulfonamides is 1. The molecule has 116 valence electrons. The van der Waals surface area contributed by atoms with E-state index in [1.165, 1.54) is 12.1 Å². The summed E-state index contributed by atoms with van der Waals surface area (Å²) < 4.78 is 27.8. The number of hydrogen-bond donors (Lipinski definition) is 1. The lowest BCUT2D eigenvalue weighted by Gasteiger charge is -2.03. The molecule has 0 aliphatic carbocycles. The summed E-state index contributed by atoms with van der Waals surface area (Å²) in [4.78, 5) is 4.36. The number of ether oxygens (including phenoxy) is 1. The quantitative estimate of drug-likeness (QED) is 0.831. The smallest absolute Gasteiger partial charge is 0.238 e. The maximum atomic E-state index is 11.2. The Labute approximate surface area is 130 Å². The van der Waals surface area contributed by atoms with Crippen LogP contribution < -0.4 is 9.88 Å². The van der Waals surface area contributed by atoms with Crippen molar-refractivity contribution < 1.29 is 13.2 Å². The number of benzene rings is 2. The van der Waals surface area contributed by atoms with Crippen LogP contribution in [0.2, 0.25) is 0 Å². The molecule has 0 fully saturated rings. The van der Waals surface area contributed by atoms with Gasteiger partial charge in [-0.1, -0.05) is 6.92 Å². The fourth-order valence-electron chi connectivity index (χ4n) is 1.74. The number of aliphatic imine (C=N–C) groups is 1. The topological polar surface area (TPSA) is 81.8 Å². The molecule has 0 atom stereocenters. The molecule has 0 amide bonds. The zero-order chi connectivity index (χ0) is 16.0. The summed E-state index contributed by atoms with van der Waals surface area (Å²) in [6, 6.07) is 13.7. The SMILES string of the molecule is CCCOc1ccc(/C=N/c2ccc(S(N)(=O)=O)cc2)cc1. The molecule has 2 aromatic carbocycles. The summed E-state index contributed by atoms with van der Waals surface area (Å²) in [5.41, 5.74) is 1.58. The fraction of sp³-hybridized carbons (Fsp3) is 0.188. The van der Waals surface area contributed by atoms with Crippen LogP contribution in [0.3, 0.4) is 0 Å². The van der Waals surface area contributed by atoms with E-state index in [1.807, 2.05) is 24.3 Å². The third-order valence-corrected chi connectivity index (χ3v) is 3.81. The first-order valence-corrected chi connectivity index (χ1v) is 8.43. The summed E-state index contributed by atoms with van der Waals surface area (Å²) in [6.07, 6.45) is 2.67. The van der Waals surface area contributed by atoms with E-state index in [2.05, 4.69) is 11.9 Å². The van der Waals surface area contributed by atoms with E-state index in [-0.39, 0.29) is 4.90 Å². The highest BCUT2D eigenvalue weighted by Crippen LogP contribution is 2.16. The summed E-state index contributed by atoms with van der Waals surface area (Å²) in [6.45, 7) is 2.76. The van der Waals surface area contributed by atoms with Crippen LogP contribution in [0.4, 0.5) is 5.69 Å². The molecule has 6 heteroatoms. The third-order valence-electron chi connectivity index (χ3n) is 2.88. The van der Waals surface area contributed by atoms with Gasteiger partial charge in [0.15, 0.2) is 0 Å². The summed E-state index contributed by atoms with van der Waals surface area (Å²) in [5.74, 6) is 0.830. The number of nitrogens with zero attached hydrogens (tertiary/aromatic N) is 1. The van der Waals surface area contributed by atoms with E-state index in [4.69, 9.17) is 9.88 Å². The molecule has 22 heavy (non-hydrogen) atoms. The lowest BCUT2D eigenvalue weighted by atomic mass is 10.2. The number of hydrogen-bond acceptors (Lipinski definition) is 4. The lowest BCUT2D eigenvalue weighted by molar-refractivity contribution is 0.317. The van der Waals surface area contributed by atoms with E-state index in [0.717, 1.165) is 17.7 Å². The minimum Gasteiger partial charge on any atom is -0.494 e. The van der Waals surface area contributed by atoms with Crippen molar-refractivity contribution in [3.05, 3.63) is 54.1 Å². The zero-order valence-corrected chi connectivity index (χ0v) is 13.1. The van der Waals surface area contributed by atoms with Crippen LogP contribution in [0, 0.1) is 0 Å². The third kappa shape index (κ3) is 4.68. The Hall–Kier alpha value is -2.18. The zero-order valence-electron chi connectivity index (χ0n) is 12.3. The largest absolute Gasteiger partial charge is 0.494 e. The average molecular weight is 318 g/mol. The molecule has 0 radical (unpaired) electrons. The van der Waals surface area contributed by atoms with E-state index in [1.54, 1.807) is 18.3 Å². The molecular formula is C16H18N2O3S. The molecule has 0 saturated carbocycles. The second kappa shape index (κ2) is 7.20. The van der Waals surface area contributed by atoms with Crippen LogP contribution in [-0.4, -0.2) is 21.2 Å². The Morgan fingerprint density at radius 1 is 1.09 bits per heavy atom. The number of rotatable bonds is 6. The Morgan fingerprint density at radius 3 is 2.27 bits per heavy atom. The van der Waals surface area contributed by atoms with Gasteiger partial charge in [-0.3, -0.25) is 4.99 Å².